The molecule has 1 fully saturated rings. The van der Waals surface area contributed by atoms with Gasteiger partial charge in [-0.05, 0) is 19.3 Å². The minimum absolute atomic E-state index is 0.0618. The van der Waals surface area contributed by atoms with Gasteiger partial charge in [0, 0.05) is 0 Å². The summed E-state index contributed by atoms with van der Waals surface area (Å²) < 4.78 is 0. The molecule has 0 saturated carbocycles. The predicted molar refractivity (Wildman–Crippen MR) is 58.2 cm³/mol. The second-order valence-electron chi connectivity index (χ2n) is 4.51. The first-order valence-corrected chi connectivity index (χ1v) is 5.57. The average molecular weight is 212 g/mol. The van der Waals surface area contributed by atoms with Gasteiger partial charge in [-0.2, -0.15) is 0 Å². The maximum absolute atomic E-state index is 11.8. The number of nitrogens with one attached hydrogen (secondary N) is 2. The molecule has 3 unspecified atom stereocenters. The van der Waals surface area contributed by atoms with Gasteiger partial charge in [-0.25, -0.2) is 0 Å². The molecule has 3 atom stereocenters. The van der Waals surface area contributed by atoms with Crippen molar-refractivity contribution in [3.05, 3.63) is 0 Å². The van der Waals surface area contributed by atoms with Crippen molar-refractivity contribution >= 4 is 11.8 Å². The van der Waals surface area contributed by atoms with Gasteiger partial charge in [0.1, 0.15) is 11.6 Å². The molecule has 1 aliphatic heterocycles. The minimum Gasteiger partial charge on any atom is -0.342 e. The molecule has 1 saturated heterocycles. The normalized spacial score (nSPS) is 33.2. The standard InChI is InChI=1S/C11H20N2O2/c1-5-7(3)8-9(14)13-11(4,6-2)10(15)12-8/h7-8H,5-6H2,1-4H3,(H,12,15)(H,13,14). The van der Waals surface area contributed by atoms with Gasteiger partial charge in [0.2, 0.25) is 11.8 Å². The lowest BCUT2D eigenvalue weighted by atomic mass is 9.89. The Morgan fingerprint density at radius 2 is 2.00 bits per heavy atom. The molecule has 0 aromatic heterocycles. The van der Waals surface area contributed by atoms with Crippen LogP contribution in [0.4, 0.5) is 0 Å². The lowest BCUT2D eigenvalue weighted by Gasteiger charge is -2.38. The zero-order valence-electron chi connectivity index (χ0n) is 9.89. The number of rotatable bonds is 3. The molecule has 4 heteroatoms. The second-order valence-corrected chi connectivity index (χ2v) is 4.51. The lowest BCUT2D eigenvalue weighted by Crippen LogP contribution is -2.69. The zero-order valence-corrected chi connectivity index (χ0v) is 9.89. The van der Waals surface area contributed by atoms with Crippen LogP contribution in [0.25, 0.3) is 0 Å². The van der Waals surface area contributed by atoms with Crippen molar-refractivity contribution < 1.29 is 9.59 Å². The molecule has 0 aromatic rings. The van der Waals surface area contributed by atoms with E-state index >= 15 is 0 Å². The first-order valence-electron chi connectivity index (χ1n) is 5.57. The molecule has 1 aliphatic rings. The average Bonchev–Trinajstić information content (AvgIpc) is 2.22. The topological polar surface area (TPSA) is 58.2 Å². The molecule has 2 N–H and O–H groups in total. The van der Waals surface area contributed by atoms with Crippen molar-refractivity contribution in [2.45, 2.75) is 52.1 Å². The smallest absolute Gasteiger partial charge is 0.246 e. The largest absolute Gasteiger partial charge is 0.342 e. The van der Waals surface area contributed by atoms with Crippen molar-refractivity contribution in [1.82, 2.24) is 10.6 Å². The molecule has 15 heavy (non-hydrogen) atoms. The molecule has 0 aromatic carbocycles. The van der Waals surface area contributed by atoms with Gasteiger partial charge in [-0.3, -0.25) is 9.59 Å². The van der Waals surface area contributed by atoms with Crippen LogP contribution in [-0.4, -0.2) is 23.4 Å². The van der Waals surface area contributed by atoms with Gasteiger partial charge in [-0.1, -0.05) is 27.2 Å². The summed E-state index contributed by atoms with van der Waals surface area (Å²) in [5.41, 5.74) is -0.735. The highest BCUT2D eigenvalue weighted by molar-refractivity contribution is 5.99. The molecule has 86 valence electrons. The number of carbonyl (C=O) groups is 2. The molecule has 0 radical (unpaired) electrons. The summed E-state index contributed by atoms with van der Waals surface area (Å²) in [7, 11) is 0. The third kappa shape index (κ3) is 2.13. The second kappa shape index (κ2) is 4.21. The van der Waals surface area contributed by atoms with E-state index in [4.69, 9.17) is 0 Å². The quantitative estimate of drug-likeness (QED) is 0.727. The molecule has 1 rings (SSSR count). The van der Waals surface area contributed by atoms with Crippen LogP contribution in [0.5, 0.6) is 0 Å². The van der Waals surface area contributed by atoms with Crippen molar-refractivity contribution in [1.29, 1.82) is 0 Å². The van der Waals surface area contributed by atoms with Crippen LogP contribution < -0.4 is 10.6 Å². The number of hydrogen-bond acceptors (Lipinski definition) is 2. The molecule has 0 bridgehead atoms. The molecule has 0 spiro atoms. The van der Waals surface area contributed by atoms with E-state index < -0.39 is 5.54 Å². The van der Waals surface area contributed by atoms with Gasteiger partial charge in [0.15, 0.2) is 0 Å². The van der Waals surface area contributed by atoms with Crippen molar-refractivity contribution in [3.63, 3.8) is 0 Å². The fourth-order valence-corrected chi connectivity index (χ4v) is 1.66. The Hall–Kier alpha value is -1.06. The monoisotopic (exact) mass is 212 g/mol. The van der Waals surface area contributed by atoms with Gasteiger partial charge >= 0.3 is 0 Å². The number of hydrogen-bond donors (Lipinski definition) is 2. The first-order chi connectivity index (χ1) is 6.94. The molecule has 0 aliphatic carbocycles. The van der Waals surface area contributed by atoms with Crippen molar-refractivity contribution in [2.75, 3.05) is 0 Å². The molecule has 2 amide bonds. The third-order valence-corrected chi connectivity index (χ3v) is 3.39. The highest BCUT2D eigenvalue weighted by Crippen LogP contribution is 2.18. The first kappa shape index (κ1) is 12.0. The van der Waals surface area contributed by atoms with E-state index in [2.05, 4.69) is 10.6 Å². The Morgan fingerprint density at radius 1 is 1.40 bits per heavy atom. The molecular weight excluding hydrogens is 192 g/mol. The number of carbonyl (C=O) groups excluding carboxylic acids is 2. The summed E-state index contributed by atoms with van der Waals surface area (Å²) >= 11 is 0. The van der Waals surface area contributed by atoms with Crippen LogP contribution in [0.15, 0.2) is 0 Å². The summed E-state index contributed by atoms with van der Waals surface area (Å²) in [5, 5.41) is 5.61. The van der Waals surface area contributed by atoms with Crippen LogP contribution in [0.2, 0.25) is 0 Å². The van der Waals surface area contributed by atoms with Crippen LogP contribution in [0, 0.1) is 5.92 Å². The summed E-state index contributed by atoms with van der Waals surface area (Å²) in [6.45, 7) is 7.63. The van der Waals surface area contributed by atoms with E-state index in [9.17, 15) is 9.59 Å². The van der Waals surface area contributed by atoms with Gasteiger partial charge in [-0.15, -0.1) is 0 Å². The van der Waals surface area contributed by atoms with Crippen molar-refractivity contribution in [3.8, 4) is 0 Å². The Bertz CT molecular complexity index is 278. The van der Waals surface area contributed by atoms with Crippen LogP contribution in [-0.2, 0) is 9.59 Å². The lowest BCUT2D eigenvalue weighted by molar-refractivity contribution is -0.142. The Labute approximate surface area is 90.8 Å². The molecule has 4 nitrogen and oxygen atoms in total. The van der Waals surface area contributed by atoms with Gasteiger partial charge in [0.05, 0.1) is 0 Å². The van der Waals surface area contributed by atoms with Crippen molar-refractivity contribution in [2.24, 2.45) is 5.92 Å². The Balaban J connectivity index is 2.80. The zero-order chi connectivity index (χ0) is 11.6. The highest BCUT2D eigenvalue weighted by Gasteiger charge is 2.42. The Morgan fingerprint density at radius 3 is 2.47 bits per heavy atom. The van der Waals surface area contributed by atoms with E-state index in [0.717, 1.165) is 6.42 Å². The maximum atomic E-state index is 11.8. The summed E-state index contributed by atoms with van der Waals surface area (Å²) in [6.07, 6.45) is 1.49. The van der Waals surface area contributed by atoms with Crippen LogP contribution in [0.1, 0.15) is 40.5 Å². The van der Waals surface area contributed by atoms with E-state index in [1.54, 1.807) is 6.92 Å². The van der Waals surface area contributed by atoms with Crippen LogP contribution >= 0.6 is 0 Å². The van der Waals surface area contributed by atoms with E-state index in [1.165, 1.54) is 0 Å². The van der Waals surface area contributed by atoms with Crippen LogP contribution in [0.3, 0.4) is 0 Å². The van der Waals surface area contributed by atoms with E-state index in [-0.39, 0.29) is 23.8 Å². The number of piperazine rings is 1. The predicted octanol–water partition coefficient (Wildman–Crippen LogP) is 0.816. The molecular formula is C11H20N2O2. The SMILES string of the molecule is CCC(C)C1NC(=O)C(C)(CC)NC1=O. The fraction of sp³-hybridized carbons (Fsp3) is 0.818. The van der Waals surface area contributed by atoms with Gasteiger partial charge in [0.25, 0.3) is 0 Å². The van der Waals surface area contributed by atoms with Gasteiger partial charge < -0.3 is 10.6 Å². The highest BCUT2D eigenvalue weighted by atomic mass is 16.2. The van der Waals surface area contributed by atoms with E-state index in [1.807, 2.05) is 20.8 Å². The third-order valence-electron chi connectivity index (χ3n) is 3.39. The van der Waals surface area contributed by atoms with E-state index in [0.29, 0.717) is 6.42 Å². The fourth-order valence-electron chi connectivity index (χ4n) is 1.66. The summed E-state index contributed by atoms with van der Waals surface area (Å²) in [6, 6.07) is -0.373. The Kier molecular flexibility index (Phi) is 3.37. The summed E-state index contributed by atoms with van der Waals surface area (Å²) in [4.78, 5) is 23.6. The minimum atomic E-state index is -0.735. The maximum Gasteiger partial charge on any atom is 0.246 e. The summed E-state index contributed by atoms with van der Waals surface area (Å²) in [5.74, 6) is 0.0403. The molecule has 1 heterocycles. The number of amides is 2.